The van der Waals surface area contributed by atoms with Gasteiger partial charge >= 0.3 is 0 Å². The van der Waals surface area contributed by atoms with Crippen LogP contribution < -0.4 is 9.47 Å². The molecule has 0 aromatic heterocycles. The van der Waals surface area contributed by atoms with E-state index in [1.54, 1.807) is 0 Å². The molecular weight excluding hydrogens is 368 g/mol. The maximum atomic E-state index is 6.19. The molecule has 0 unspecified atom stereocenters. The smallest absolute Gasteiger partial charge is 0.120 e. The maximum absolute atomic E-state index is 6.19. The Morgan fingerprint density at radius 1 is 0.633 bits per heavy atom. The van der Waals surface area contributed by atoms with Crippen LogP contribution in [0.3, 0.4) is 0 Å². The largest absolute Gasteiger partial charge is 0.488 e. The van der Waals surface area contributed by atoms with Gasteiger partial charge in [-0.3, -0.25) is 0 Å². The first-order valence-corrected chi connectivity index (χ1v) is 11.8. The fraction of sp³-hybridized carbons (Fsp3) is 0.571. The van der Waals surface area contributed by atoms with E-state index in [1.165, 1.54) is 43.2 Å². The molecule has 2 aromatic carbocycles. The normalized spacial score (nSPS) is 16.9. The second-order valence-corrected chi connectivity index (χ2v) is 10.1. The van der Waals surface area contributed by atoms with Crippen molar-refractivity contribution in [2.75, 3.05) is 0 Å². The van der Waals surface area contributed by atoms with Crippen molar-refractivity contribution in [3.8, 4) is 11.5 Å². The van der Waals surface area contributed by atoms with Crippen molar-refractivity contribution < 1.29 is 9.47 Å². The standard InChI is InChI=1S/C28H40O2/c1-7-26(3,4)29-24-16-12-22(13-17-24)28(20-10-9-11-21-28)23-14-18-25(19-15-23)30-27(5,6)8-2/h12-19H,7-11,20-21H2,1-6H3. The van der Waals surface area contributed by atoms with Crippen LogP contribution >= 0.6 is 0 Å². The molecule has 0 bridgehead atoms. The lowest BCUT2D eigenvalue weighted by atomic mass is 9.65. The van der Waals surface area contributed by atoms with Gasteiger partial charge in [0.1, 0.15) is 22.7 Å². The molecule has 3 rings (SSSR count). The summed E-state index contributed by atoms with van der Waals surface area (Å²) >= 11 is 0. The zero-order chi connectivity index (χ0) is 21.8. The summed E-state index contributed by atoms with van der Waals surface area (Å²) in [6, 6.07) is 17.8. The number of hydrogen-bond acceptors (Lipinski definition) is 2. The van der Waals surface area contributed by atoms with Crippen LogP contribution in [0.15, 0.2) is 48.5 Å². The van der Waals surface area contributed by atoms with E-state index in [1.807, 2.05) is 0 Å². The van der Waals surface area contributed by atoms with Crippen molar-refractivity contribution in [2.24, 2.45) is 0 Å². The molecule has 0 aliphatic heterocycles. The zero-order valence-electron chi connectivity index (χ0n) is 19.9. The highest BCUT2D eigenvalue weighted by atomic mass is 16.5. The van der Waals surface area contributed by atoms with Crippen LogP contribution in [0, 0.1) is 0 Å². The molecule has 0 spiro atoms. The Morgan fingerprint density at radius 2 is 1.00 bits per heavy atom. The number of benzene rings is 2. The van der Waals surface area contributed by atoms with E-state index >= 15 is 0 Å². The summed E-state index contributed by atoms with van der Waals surface area (Å²) < 4.78 is 12.4. The summed E-state index contributed by atoms with van der Waals surface area (Å²) in [7, 11) is 0. The average Bonchev–Trinajstić information content (AvgIpc) is 2.75. The van der Waals surface area contributed by atoms with Gasteiger partial charge in [0.15, 0.2) is 0 Å². The van der Waals surface area contributed by atoms with E-state index in [9.17, 15) is 0 Å². The highest BCUT2D eigenvalue weighted by Crippen LogP contribution is 2.45. The van der Waals surface area contributed by atoms with Crippen LogP contribution in [0.5, 0.6) is 11.5 Å². The Bertz CT molecular complexity index is 730. The molecule has 1 fully saturated rings. The third-order valence-electron chi connectivity index (χ3n) is 7.01. The molecule has 0 radical (unpaired) electrons. The highest BCUT2D eigenvalue weighted by molar-refractivity contribution is 5.44. The monoisotopic (exact) mass is 408 g/mol. The minimum Gasteiger partial charge on any atom is -0.488 e. The van der Waals surface area contributed by atoms with Crippen LogP contribution in [0.2, 0.25) is 0 Å². The van der Waals surface area contributed by atoms with Gasteiger partial charge in [-0.05, 0) is 88.8 Å². The zero-order valence-corrected chi connectivity index (χ0v) is 19.9. The maximum Gasteiger partial charge on any atom is 0.120 e. The van der Waals surface area contributed by atoms with Gasteiger partial charge in [-0.15, -0.1) is 0 Å². The van der Waals surface area contributed by atoms with Crippen molar-refractivity contribution in [3.05, 3.63) is 59.7 Å². The fourth-order valence-corrected chi connectivity index (χ4v) is 4.37. The summed E-state index contributed by atoms with van der Waals surface area (Å²) in [5.74, 6) is 1.92. The van der Waals surface area contributed by atoms with E-state index in [0.717, 1.165) is 24.3 Å². The third-order valence-corrected chi connectivity index (χ3v) is 7.01. The average molecular weight is 409 g/mol. The second kappa shape index (κ2) is 9.04. The summed E-state index contributed by atoms with van der Waals surface area (Å²) in [6.45, 7) is 12.9. The molecule has 2 aromatic rings. The lowest BCUT2D eigenvalue weighted by molar-refractivity contribution is 0.105. The van der Waals surface area contributed by atoms with E-state index in [-0.39, 0.29) is 16.6 Å². The minimum atomic E-state index is -0.133. The van der Waals surface area contributed by atoms with Gasteiger partial charge in [0, 0.05) is 5.41 Å². The van der Waals surface area contributed by atoms with Crippen LogP contribution in [0.25, 0.3) is 0 Å². The molecule has 0 atom stereocenters. The molecule has 0 heterocycles. The molecule has 164 valence electrons. The van der Waals surface area contributed by atoms with Crippen LogP contribution in [-0.2, 0) is 5.41 Å². The third kappa shape index (κ3) is 5.20. The molecule has 2 heteroatoms. The fourth-order valence-electron chi connectivity index (χ4n) is 4.37. The highest BCUT2D eigenvalue weighted by Gasteiger charge is 2.36. The minimum absolute atomic E-state index is 0.0931. The Kier molecular flexibility index (Phi) is 6.84. The topological polar surface area (TPSA) is 18.5 Å². The lowest BCUT2D eigenvalue weighted by Gasteiger charge is -2.39. The first-order chi connectivity index (χ1) is 14.2. The Hall–Kier alpha value is -1.96. The van der Waals surface area contributed by atoms with E-state index in [4.69, 9.17) is 9.47 Å². The Morgan fingerprint density at radius 3 is 1.33 bits per heavy atom. The number of ether oxygens (including phenoxy) is 2. The van der Waals surface area contributed by atoms with Gasteiger partial charge in [-0.25, -0.2) is 0 Å². The van der Waals surface area contributed by atoms with Gasteiger partial charge < -0.3 is 9.47 Å². The first-order valence-electron chi connectivity index (χ1n) is 11.8. The molecule has 0 amide bonds. The predicted molar refractivity (Wildman–Crippen MR) is 127 cm³/mol. The van der Waals surface area contributed by atoms with Gasteiger partial charge in [-0.2, -0.15) is 0 Å². The molecule has 0 saturated heterocycles. The first kappa shape index (κ1) is 22.7. The van der Waals surface area contributed by atoms with Crippen LogP contribution in [0.4, 0.5) is 0 Å². The van der Waals surface area contributed by atoms with Crippen molar-refractivity contribution >= 4 is 0 Å². The molecule has 30 heavy (non-hydrogen) atoms. The molecule has 1 aliphatic rings. The van der Waals surface area contributed by atoms with Gasteiger partial charge in [0.25, 0.3) is 0 Å². The van der Waals surface area contributed by atoms with Crippen LogP contribution in [0.1, 0.15) is 97.6 Å². The van der Waals surface area contributed by atoms with Crippen LogP contribution in [-0.4, -0.2) is 11.2 Å². The quantitative estimate of drug-likeness (QED) is 0.439. The van der Waals surface area contributed by atoms with Crippen molar-refractivity contribution in [1.29, 1.82) is 0 Å². The predicted octanol–water partition coefficient (Wildman–Crippen LogP) is 8.07. The van der Waals surface area contributed by atoms with Gasteiger partial charge in [0.05, 0.1) is 0 Å². The molecule has 0 N–H and O–H groups in total. The SMILES string of the molecule is CCC(C)(C)Oc1ccc(C2(c3ccc(OC(C)(C)CC)cc3)CCCCC2)cc1. The van der Waals surface area contributed by atoms with Gasteiger partial charge in [-0.1, -0.05) is 57.4 Å². The summed E-state index contributed by atoms with van der Waals surface area (Å²) in [6.07, 6.45) is 8.27. The molecular formula is C28H40O2. The lowest BCUT2D eigenvalue weighted by Crippen LogP contribution is -2.31. The van der Waals surface area contributed by atoms with Crippen molar-refractivity contribution in [2.45, 2.75) is 103 Å². The van der Waals surface area contributed by atoms with E-state index in [2.05, 4.69) is 90.1 Å². The number of rotatable bonds is 8. The van der Waals surface area contributed by atoms with Crippen molar-refractivity contribution in [1.82, 2.24) is 0 Å². The van der Waals surface area contributed by atoms with E-state index in [0.29, 0.717) is 0 Å². The summed E-state index contributed by atoms with van der Waals surface area (Å²) in [5, 5.41) is 0. The van der Waals surface area contributed by atoms with E-state index < -0.39 is 0 Å². The van der Waals surface area contributed by atoms with Gasteiger partial charge in [0.2, 0.25) is 0 Å². The number of hydrogen-bond donors (Lipinski definition) is 0. The summed E-state index contributed by atoms with van der Waals surface area (Å²) in [5.41, 5.74) is 2.64. The Balaban J connectivity index is 1.88. The molecule has 1 aliphatic carbocycles. The Labute approximate surface area is 184 Å². The molecule has 2 nitrogen and oxygen atoms in total. The second-order valence-electron chi connectivity index (χ2n) is 10.1. The van der Waals surface area contributed by atoms with Crippen molar-refractivity contribution in [3.63, 3.8) is 0 Å². The molecule has 1 saturated carbocycles. The summed E-state index contributed by atoms with van der Waals surface area (Å²) in [4.78, 5) is 0.